The van der Waals surface area contributed by atoms with Gasteiger partial charge in [0.1, 0.15) is 0 Å². The highest BCUT2D eigenvalue weighted by molar-refractivity contribution is 5.32. The van der Waals surface area contributed by atoms with E-state index in [0.29, 0.717) is 6.04 Å². The number of nitrogens with zero attached hydrogens (tertiary/aromatic N) is 1. The average molecular weight is 274 g/mol. The van der Waals surface area contributed by atoms with Crippen LogP contribution in [0.4, 0.5) is 0 Å². The van der Waals surface area contributed by atoms with Gasteiger partial charge >= 0.3 is 0 Å². The summed E-state index contributed by atoms with van der Waals surface area (Å²) in [5.74, 6) is 0.853. The Morgan fingerprint density at radius 2 is 1.95 bits per heavy atom. The van der Waals surface area contributed by atoms with E-state index in [-0.39, 0.29) is 0 Å². The van der Waals surface area contributed by atoms with E-state index in [4.69, 9.17) is 0 Å². The molecular weight excluding hydrogens is 244 g/mol. The van der Waals surface area contributed by atoms with Crippen LogP contribution in [0.5, 0.6) is 0 Å². The Labute approximate surface area is 124 Å². The molecule has 1 N–H and O–H groups in total. The largest absolute Gasteiger partial charge is 0.310 e. The number of aryl methyl sites for hydroxylation is 2. The molecule has 0 radical (unpaired) electrons. The van der Waals surface area contributed by atoms with Crippen LogP contribution in [-0.2, 0) is 0 Å². The number of hydrogen-bond donors (Lipinski definition) is 1. The lowest BCUT2D eigenvalue weighted by molar-refractivity contribution is 0.188. The zero-order chi connectivity index (χ0) is 14.5. The third-order valence-corrected chi connectivity index (χ3v) is 4.76. The number of hydrogen-bond acceptors (Lipinski definition) is 2. The normalized spacial score (nSPS) is 19.2. The molecule has 2 nitrogen and oxygen atoms in total. The fraction of sp³-hybridized carbons (Fsp3) is 0.667. The molecule has 20 heavy (non-hydrogen) atoms. The van der Waals surface area contributed by atoms with E-state index in [1.807, 2.05) is 0 Å². The highest BCUT2D eigenvalue weighted by Crippen LogP contribution is 2.21. The molecule has 0 amide bonds. The molecule has 0 aromatic heterocycles. The second-order valence-electron chi connectivity index (χ2n) is 6.37. The molecule has 1 atom stereocenters. The van der Waals surface area contributed by atoms with Gasteiger partial charge in [0.15, 0.2) is 0 Å². The quantitative estimate of drug-likeness (QED) is 0.881. The van der Waals surface area contributed by atoms with Crippen molar-refractivity contribution in [3.63, 3.8) is 0 Å². The first-order valence-electron chi connectivity index (χ1n) is 8.13. The molecule has 2 heteroatoms. The zero-order valence-corrected chi connectivity index (χ0v) is 13.6. The molecule has 1 aliphatic heterocycles. The summed E-state index contributed by atoms with van der Waals surface area (Å²) in [5, 5.41) is 3.74. The maximum atomic E-state index is 3.74. The van der Waals surface area contributed by atoms with E-state index in [9.17, 15) is 0 Å². The number of benzene rings is 1. The van der Waals surface area contributed by atoms with E-state index in [1.54, 1.807) is 0 Å². The molecule has 1 heterocycles. The predicted molar refractivity (Wildman–Crippen MR) is 87.2 cm³/mol. The number of nitrogens with one attached hydrogen (secondary N) is 1. The molecule has 2 rings (SSSR count). The van der Waals surface area contributed by atoms with Gasteiger partial charge in [0.05, 0.1) is 0 Å². The third-order valence-electron chi connectivity index (χ3n) is 4.76. The smallest absolute Gasteiger partial charge is 0.0294 e. The fourth-order valence-corrected chi connectivity index (χ4v) is 3.27. The highest BCUT2D eigenvalue weighted by atomic mass is 15.1. The van der Waals surface area contributed by atoms with E-state index in [2.05, 4.69) is 56.1 Å². The van der Waals surface area contributed by atoms with Gasteiger partial charge in [0.2, 0.25) is 0 Å². The van der Waals surface area contributed by atoms with Gasteiger partial charge in [0.25, 0.3) is 0 Å². The Kier molecular flexibility index (Phi) is 5.62. The lowest BCUT2D eigenvalue weighted by Crippen LogP contribution is -2.37. The van der Waals surface area contributed by atoms with Crippen LogP contribution < -0.4 is 5.32 Å². The van der Waals surface area contributed by atoms with Gasteiger partial charge in [-0.1, -0.05) is 30.7 Å². The van der Waals surface area contributed by atoms with Crippen molar-refractivity contribution < 1.29 is 0 Å². The van der Waals surface area contributed by atoms with E-state index < -0.39 is 0 Å². The second kappa shape index (κ2) is 7.24. The first-order valence-corrected chi connectivity index (χ1v) is 8.13. The van der Waals surface area contributed by atoms with Gasteiger partial charge in [-0.3, -0.25) is 0 Å². The van der Waals surface area contributed by atoms with Crippen LogP contribution in [0.1, 0.15) is 49.4 Å². The van der Waals surface area contributed by atoms with Crippen molar-refractivity contribution in [1.29, 1.82) is 0 Å². The number of rotatable bonds is 5. The van der Waals surface area contributed by atoms with Crippen molar-refractivity contribution in [2.24, 2.45) is 5.92 Å². The minimum atomic E-state index is 0.458. The van der Waals surface area contributed by atoms with Crippen molar-refractivity contribution >= 4 is 0 Å². The van der Waals surface area contributed by atoms with E-state index >= 15 is 0 Å². The van der Waals surface area contributed by atoms with Crippen LogP contribution in [0.2, 0.25) is 0 Å². The first kappa shape index (κ1) is 15.5. The van der Waals surface area contributed by atoms with Crippen molar-refractivity contribution in [2.75, 3.05) is 26.2 Å². The molecule has 1 aliphatic rings. The summed E-state index contributed by atoms with van der Waals surface area (Å²) in [6.07, 6.45) is 2.70. The van der Waals surface area contributed by atoms with Crippen molar-refractivity contribution in [1.82, 2.24) is 10.2 Å². The van der Waals surface area contributed by atoms with Crippen LogP contribution in [0, 0.1) is 19.8 Å². The van der Waals surface area contributed by atoms with Gasteiger partial charge < -0.3 is 10.2 Å². The van der Waals surface area contributed by atoms with Gasteiger partial charge in [-0.2, -0.15) is 0 Å². The summed E-state index contributed by atoms with van der Waals surface area (Å²) in [4.78, 5) is 2.56. The monoisotopic (exact) mass is 274 g/mol. The van der Waals surface area contributed by atoms with Crippen LogP contribution in [0.3, 0.4) is 0 Å². The Morgan fingerprint density at radius 3 is 2.55 bits per heavy atom. The Morgan fingerprint density at radius 1 is 1.25 bits per heavy atom. The minimum absolute atomic E-state index is 0.458. The predicted octanol–water partition coefficient (Wildman–Crippen LogP) is 3.69. The Bertz CT molecular complexity index is 419. The van der Waals surface area contributed by atoms with Crippen molar-refractivity contribution in [3.05, 3.63) is 34.9 Å². The van der Waals surface area contributed by atoms with Crippen LogP contribution in [-0.4, -0.2) is 31.1 Å². The van der Waals surface area contributed by atoms with Gasteiger partial charge in [-0.05, 0) is 76.8 Å². The van der Waals surface area contributed by atoms with Crippen molar-refractivity contribution in [2.45, 2.75) is 46.6 Å². The molecular formula is C18H30N2. The summed E-state index contributed by atoms with van der Waals surface area (Å²) in [7, 11) is 0. The van der Waals surface area contributed by atoms with E-state index in [0.717, 1.165) is 12.5 Å². The van der Waals surface area contributed by atoms with Crippen LogP contribution in [0.15, 0.2) is 18.2 Å². The lowest BCUT2D eigenvalue weighted by Gasteiger charge is -2.32. The molecule has 0 aliphatic carbocycles. The molecule has 0 saturated carbocycles. The van der Waals surface area contributed by atoms with Gasteiger partial charge in [0, 0.05) is 6.04 Å². The SMILES string of the molecule is CCN1CCC(CNC(C)c2ccc(C)cc2C)CC1. The zero-order valence-electron chi connectivity index (χ0n) is 13.6. The summed E-state index contributed by atoms with van der Waals surface area (Å²) in [5.41, 5.74) is 4.21. The fourth-order valence-electron chi connectivity index (χ4n) is 3.27. The molecule has 112 valence electrons. The van der Waals surface area contributed by atoms with Gasteiger partial charge in [-0.15, -0.1) is 0 Å². The van der Waals surface area contributed by atoms with Crippen molar-refractivity contribution in [3.8, 4) is 0 Å². The molecule has 1 saturated heterocycles. The summed E-state index contributed by atoms with van der Waals surface area (Å²) in [6, 6.07) is 7.25. The highest BCUT2D eigenvalue weighted by Gasteiger charge is 2.18. The molecule has 0 spiro atoms. The summed E-state index contributed by atoms with van der Waals surface area (Å²) < 4.78 is 0. The second-order valence-corrected chi connectivity index (χ2v) is 6.37. The van der Waals surface area contributed by atoms with E-state index in [1.165, 1.54) is 49.2 Å². The van der Waals surface area contributed by atoms with Gasteiger partial charge in [-0.25, -0.2) is 0 Å². The number of piperidine rings is 1. The van der Waals surface area contributed by atoms with Crippen LogP contribution in [0.25, 0.3) is 0 Å². The summed E-state index contributed by atoms with van der Waals surface area (Å²) >= 11 is 0. The van der Waals surface area contributed by atoms with Crippen LogP contribution >= 0.6 is 0 Å². The Hall–Kier alpha value is -0.860. The first-order chi connectivity index (χ1) is 9.60. The number of likely N-dealkylation sites (tertiary alicyclic amines) is 1. The summed E-state index contributed by atoms with van der Waals surface area (Å²) in [6.45, 7) is 13.9. The standard InChI is InChI=1S/C18H30N2/c1-5-20-10-8-17(9-11-20)13-19-16(4)18-7-6-14(2)12-15(18)3/h6-7,12,16-17,19H,5,8-11,13H2,1-4H3. The maximum absolute atomic E-state index is 3.74. The topological polar surface area (TPSA) is 15.3 Å². The molecule has 1 aromatic carbocycles. The molecule has 1 unspecified atom stereocenters. The average Bonchev–Trinajstić information content (AvgIpc) is 2.45. The minimum Gasteiger partial charge on any atom is -0.310 e. The Balaban J connectivity index is 1.82. The lowest BCUT2D eigenvalue weighted by atomic mass is 9.95. The molecule has 1 fully saturated rings. The third kappa shape index (κ3) is 4.07. The maximum Gasteiger partial charge on any atom is 0.0294 e. The molecule has 0 bridgehead atoms. The molecule has 1 aromatic rings.